The molecule has 0 saturated carbocycles. The van der Waals surface area contributed by atoms with Gasteiger partial charge in [0.05, 0.1) is 11.3 Å². The van der Waals surface area contributed by atoms with Crippen molar-refractivity contribution in [2.24, 2.45) is 0 Å². The Hall–Kier alpha value is -3.66. The minimum atomic E-state index is 0.0283. The normalized spacial score (nSPS) is 13.2. The fourth-order valence-electron chi connectivity index (χ4n) is 3.89. The zero-order chi connectivity index (χ0) is 19.6. The first-order valence-electron chi connectivity index (χ1n) is 9.86. The predicted molar refractivity (Wildman–Crippen MR) is 114 cm³/mol. The van der Waals surface area contributed by atoms with E-state index in [4.69, 9.17) is 5.10 Å². The van der Waals surface area contributed by atoms with Gasteiger partial charge in [0.15, 0.2) is 0 Å². The average molecular weight is 379 g/mol. The summed E-state index contributed by atoms with van der Waals surface area (Å²) < 4.78 is 1.80. The van der Waals surface area contributed by atoms with Gasteiger partial charge in [-0.1, -0.05) is 72.8 Å². The highest BCUT2D eigenvalue weighted by Gasteiger charge is 2.26. The highest BCUT2D eigenvalue weighted by molar-refractivity contribution is 6.00. The molecule has 142 valence electrons. The summed E-state index contributed by atoms with van der Waals surface area (Å²) in [6.07, 6.45) is 2.75. The molecule has 4 nitrogen and oxygen atoms in total. The second-order valence-electron chi connectivity index (χ2n) is 7.28. The van der Waals surface area contributed by atoms with Gasteiger partial charge in [-0.3, -0.25) is 4.79 Å². The van der Waals surface area contributed by atoms with Crippen LogP contribution in [0.5, 0.6) is 0 Å². The molecule has 0 fully saturated rings. The third-order valence-electron chi connectivity index (χ3n) is 5.43. The molecule has 0 spiro atoms. The van der Waals surface area contributed by atoms with E-state index in [1.165, 1.54) is 11.1 Å². The lowest BCUT2D eigenvalue weighted by atomic mass is 9.99. The van der Waals surface area contributed by atoms with Crippen molar-refractivity contribution in [3.8, 4) is 16.9 Å². The summed E-state index contributed by atoms with van der Waals surface area (Å²) >= 11 is 0. The van der Waals surface area contributed by atoms with Gasteiger partial charge < -0.3 is 4.90 Å². The van der Waals surface area contributed by atoms with Crippen LogP contribution in [0.1, 0.15) is 21.5 Å². The fourth-order valence-corrected chi connectivity index (χ4v) is 3.89. The maximum atomic E-state index is 13.5. The third-order valence-corrected chi connectivity index (χ3v) is 5.43. The second kappa shape index (κ2) is 7.40. The van der Waals surface area contributed by atoms with Crippen molar-refractivity contribution in [3.63, 3.8) is 0 Å². The molecule has 0 aliphatic carbocycles. The van der Waals surface area contributed by atoms with Crippen LogP contribution in [0.4, 0.5) is 0 Å². The zero-order valence-corrected chi connectivity index (χ0v) is 16.0. The van der Waals surface area contributed by atoms with Crippen LogP contribution in [0.25, 0.3) is 16.9 Å². The molecule has 0 unspecified atom stereocenters. The van der Waals surface area contributed by atoms with E-state index in [-0.39, 0.29) is 5.91 Å². The predicted octanol–water partition coefficient (Wildman–Crippen LogP) is 4.74. The molecule has 29 heavy (non-hydrogen) atoms. The van der Waals surface area contributed by atoms with E-state index in [1.807, 2.05) is 77.8 Å². The first-order valence-corrected chi connectivity index (χ1v) is 9.86. The smallest absolute Gasteiger partial charge is 0.258 e. The number of hydrogen-bond donors (Lipinski definition) is 0. The number of fused-ring (bicyclic) bond motifs is 1. The number of amides is 1. The quantitative estimate of drug-likeness (QED) is 0.516. The number of aromatic nitrogens is 2. The summed E-state index contributed by atoms with van der Waals surface area (Å²) in [5.74, 6) is 0.0283. The Morgan fingerprint density at radius 3 is 2.21 bits per heavy atom. The van der Waals surface area contributed by atoms with E-state index in [0.29, 0.717) is 12.1 Å². The Morgan fingerprint density at radius 2 is 1.45 bits per heavy atom. The van der Waals surface area contributed by atoms with E-state index >= 15 is 0 Å². The van der Waals surface area contributed by atoms with Gasteiger partial charge in [-0.15, -0.1) is 0 Å². The Morgan fingerprint density at radius 1 is 0.793 bits per heavy atom. The molecule has 2 heterocycles. The van der Waals surface area contributed by atoms with Gasteiger partial charge in [-0.25, -0.2) is 4.68 Å². The Balaban J connectivity index is 1.55. The van der Waals surface area contributed by atoms with Crippen LogP contribution < -0.4 is 0 Å². The maximum absolute atomic E-state index is 13.5. The minimum absolute atomic E-state index is 0.0283. The van der Waals surface area contributed by atoms with E-state index in [2.05, 4.69) is 18.2 Å². The molecule has 0 N–H and O–H groups in total. The molecular weight excluding hydrogens is 358 g/mol. The Kier molecular flexibility index (Phi) is 4.45. The van der Waals surface area contributed by atoms with Gasteiger partial charge in [0.1, 0.15) is 5.69 Å². The van der Waals surface area contributed by atoms with Gasteiger partial charge in [0.2, 0.25) is 0 Å². The summed E-state index contributed by atoms with van der Waals surface area (Å²) in [5.41, 5.74) is 5.80. The number of benzene rings is 3. The first-order chi connectivity index (χ1) is 14.3. The number of para-hydroxylation sites is 1. The number of hydrogen-bond acceptors (Lipinski definition) is 2. The van der Waals surface area contributed by atoms with Gasteiger partial charge >= 0.3 is 0 Å². The average Bonchev–Trinajstić information content (AvgIpc) is 3.25. The van der Waals surface area contributed by atoms with Crippen LogP contribution in [-0.4, -0.2) is 27.1 Å². The van der Waals surface area contributed by atoms with Gasteiger partial charge in [0, 0.05) is 24.8 Å². The molecule has 4 heteroatoms. The summed E-state index contributed by atoms with van der Waals surface area (Å²) in [4.78, 5) is 15.5. The summed E-state index contributed by atoms with van der Waals surface area (Å²) in [7, 11) is 0. The van der Waals surface area contributed by atoms with E-state index in [0.717, 1.165) is 29.9 Å². The Bertz CT molecular complexity index is 1150. The van der Waals surface area contributed by atoms with E-state index in [1.54, 1.807) is 4.68 Å². The highest BCUT2D eigenvalue weighted by Crippen LogP contribution is 2.27. The largest absolute Gasteiger partial charge is 0.334 e. The second-order valence-corrected chi connectivity index (χ2v) is 7.28. The van der Waals surface area contributed by atoms with Crippen LogP contribution in [-0.2, 0) is 13.0 Å². The van der Waals surface area contributed by atoms with E-state index < -0.39 is 0 Å². The Labute approximate surface area is 170 Å². The minimum Gasteiger partial charge on any atom is -0.334 e. The molecule has 0 radical (unpaired) electrons. The number of carbonyl (C=O) groups is 1. The van der Waals surface area contributed by atoms with Gasteiger partial charge in [-0.2, -0.15) is 5.10 Å². The van der Waals surface area contributed by atoms with Crippen LogP contribution in [0.3, 0.4) is 0 Å². The molecule has 0 bridgehead atoms. The van der Waals surface area contributed by atoms with E-state index in [9.17, 15) is 4.79 Å². The van der Waals surface area contributed by atoms with Crippen LogP contribution in [0, 0.1) is 0 Å². The molecular formula is C25H21N3O. The molecule has 1 aromatic heterocycles. The number of nitrogens with zero attached hydrogens (tertiary/aromatic N) is 3. The van der Waals surface area contributed by atoms with Gasteiger partial charge in [0.25, 0.3) is 5.91 Å². The summed E-state index contributed by atoms with van der Waals surface area (Å²) in [6, 6.07) is 28.2. The standard InChI is InChI=1S/C25H21N3O/c29-25(27-16-15-19-9-7-8-12-21(19)17-27)23-18-28(22-13-5-2-6-14-22)26-24(23)20-10-3-1-4-11-20/h1-14,18H,15-17H2. The molecule has 0 saturated heterocycles. The highest BCUT2D eigenvalue weighted by atomic mass is 16.2. The lowest BCUT2D eigenvalue weighted by Crippen LogP contribution is -2.36. The maximum Gasteiger partial charge on any atom is 0.258 e. The molecule has 5 rings (SSSR count). The SMILES string of the molecule is O=C(c1cn(-c2ccccc2)nc1-c1ccccc1)N1CCc2ccccc2C1. The fraction of sp³-hybridized carbons (Fsp3) is 0.120. The number of carbonyl (C=O) groups excluding carboxylic acids is 1. The van der Waals surface area contributed by atoms with Crippen molar-refractivity contribution in [1.82, 2.24) is 14.7 Å². The molecule has 0 atom stereocenters. The van der Waals surface area contributed by atoms with Crippen LogP contribution >= 0.6 is 0 Å². The van der Waals surface area contributed by atoms with Gasteiger partial charge in [-0.05, 0) is 29.7 Å². The molecule has 3 aromatic carbocycles. The molecule has 1 aliphatic heterocycles. The molecule has 1 amide bonds. The zero-order valence-electron chi connectivity index (χ0n) is 16.0. The van der Waals surface area contributed by atoms with Crippen LogP contribution in [0.15, 0.2) is 91.1 Å². The van der Waals surface area contributed by atoms with Crippen molar-refractivity contribution in [3.05, 3.63) is 108 Å². The third kappa shape index (κ3) is 3.34. The lowest BCUT2D eigenvalue weighted by molar-refractivity contribution is 0.0735. The molecule has 4 aromatic rings. The first kappa shape index (κ1) is 17.4. The molecule has 1 aliphatic rings. The summed E-state index contributed by atoms with van der Waals surface area (Å²) in [5, 5.41) is 4.78. The summed E-state index contributed by atoms with van der Waals surface area (Å²) in [6.45, 7) is 1.36. The van der Waals surface area contributed by atoms with Crippen molar-refractivity contribution in [1.29, 1.82) is 0 Å². The monoisotopic (exact) mass is 379 g/mol. The van der Waals surface area contributed by atoms with Crippen molar-refractivity contribution >= 4 is 5.91 Å². The van der Waals surface area contributed by atoms with Crippen molar-refractivity contribution < 1.29 is 4.79 Å². The number of rotatable bonds is 3. The van der Waals surface area contributed by atoms with Crippen LogP contribution in [0.2, 0.25) is 0 Å². The lowest BCUT2D eigenvalue weighted by Gasteiger charge is -2.28. The van der Waals surface area contributed by atoms with Crippen molar-refractivity contribution in [2.75, 3.05) is 6.54 Å². The topological polar surface area (TPSA) is 38.1 Å². The van der Waals surface area contributed by atoms with Crippen molar-refractivity contribution in [2.45, 2.75) is 13.0 Å².